The van der Waals surface area contributed by atoms with Gasteiger partial charge in [0.15, 0.2) is 0 Å². The normalized spacial score (nSPS) is 17.9. The number of nitrogens with two attached hydrogens (primary N) is 1. The van der Waals surface area contributed by atoms with Crippen molar-refractivity contribution in [3.8, 4) is 0 Å². The van der Waals surface area contributed by atoms with Crippen LogP contribution in [0.25, 0.3) is 11.0 Å². The van der Waals surface area contributed by atoms with E-state index in [1.165, 1.54) is 18.4 Å². The van der Waals surface area contributed by atoms with Gasteiger partial charge in [-0.1, -0.05) is 13.0 Å². The molecule has 0 saturated heterocycles. The lowest BCUT2D eigenvalue weighted by molar-refractivity contribution is 0.602. The van der Waals surface area contributed by atoms with Crippen LogP contribution in [0.5, 0.6) is 0 Å². The Hall–Kier alpha value is -1.35. The van der Waals surface area contributed by atoms with Crippen molar-refractivity contribution >= 4 is 11.0 Å². The third-order valence-corrected chi connectivity index (χ3v) is 3.42. The summed E-state index contributed by atoms with van der Waals surface area (Å²) >= 11 is 0. The number of benzene rings is 1. The molecule has 1 heterocycles. The first-order valence-electron chi connectivity index (χ1n) is 6.02. The molecule has 3 rings (SSSR count). The van der Waals surface area contributed by atoms with Gasteiger partial charge in [-0.15, -0.1) is 0 Å². The van der Waals surface area contributed by atoms with Gasteiger partial charge in [-0.25, -0.2) is 4.98 Å². The molecule has 1 aliphatic rings. The lowest BCUT2D eigenvalue weighted by atomic mass is 10.1. The van der Waals surface area contributed by atoms with Crippen molar-refractivity contribution in [2.75, 3.05) is 0 Å². The number of aromatic nitrogens is 2. The quantitative estimate of drug-likeness (QED) is 0.826. The molecule has 16 heavy (non-hydrogen) atoms. The predicted molar refractivity (Wildman–Crippen MR) is 65.1 cm³/mol. The number of aryl methyl sites for hydroxylation is 1. The fourth-order valence-electron chi connectivity index (χ4n) is 2.13. The zero-order valence-corrected chi connectivity index (χ0v) is 9.53. The summed E-state index contributed by atoms with van der Waals surface area (Å²) in [6.45, 7) is 2.16. The zero-order chi connectivity index (χ0) is 11.1. The Bertz CT molecular complexity index is 511. The van der Waals surface area contributed by atoms with Crippen molar-refractivity contribution in [2.24, 2.45) is 11.7 Å². The molecule has 84 valence electrons. The first-order chi connectivity index (χ1) is 7.78. The van der Waals surface area contributed by atoms with Crippen LogP contribution in [0.3, 0.4) is 0 Å². The van der Waals surface area contributed by atoms with Crippen LogP contribution in [-0.2, 0) is 6.42 Å². The molecule has 3 N–H and O–H groups in total. The number of H-pyrrole nitrogens is 1. The van der Waals surface area contributed by atoms with Crippen LogP contribution in [0.2, 0.25) is 0 Å². The minimum absolute atomic E-state index is 0.0949. The molecule has 3 nitrogen and oxygen atoms in total. The number of imidazole rings is 1. The topological polar surface area (TPSA) is 54.7 Å². The number of hydrogen-bond acceptors (Lipinski definition) is 2. The van der Waals surface area contributed by atoms with Crippen molar-refractivity contribution in [2.45, 2.75) is 32.2 Å². The maximum Gasteiger partial charge on any atom is 0.124 e. The Balaban J connectivity index is 2.01. The van der Waals surface area contributed by atoms with E-state index in [1.807, 2.05) is 0 Å². The van der Waals surface area contributed by atoms with Crippen LogP contribution in [0, 0.1) is 5.92 Å². The first-order valence-corrected chi connectivity index (χ1v) is 6.02. The second kappa shape index (κ2) is 3.59. The van der Waals surface area contributed by atoms with E-state index in [4.69, 9.17) is 5.73 Å². The van der Waals surface area contributed by atoms with E-state index in [1.54, 1.807) is 0 Å². The summed E-state index contributed by atoms with van der Waals surface area (Å²) in [6.07, 6.45) is 3.55. The van der Waals surface area contributed by atoms with Crippen molar-refractivity contribution in [3.63, 3.8) is 0 Å². The molecular formula is C13H17N3. The van der Waals surface area contributed by atoms with E-state index in [0.29, 0.717) is 5.92 Å². The molecule has 0 spiro atoms. The average molecular weight is 215 g/mol. The summed E-state index contributed by atoms with van der Waals surface area (Å²) in [5, 5.41) is 0. The van der Waals surface area contributed by atoms with Gasteiger partial charge in [0.1, 0.15) is 5.82 Å². The maximum absolute atomic E-state index is 6.14. The van der Waals surface area contributed by atoms with Crippen LogP contribution in [0.4, 0.5) is 0 Å². The lowest BCUT2D eigenvalue weighted by Gasteiger charge is -2.04. The molecule has 3 heteroatoms. The van der Waals surface area contributed by atoms with Crippen molar-refractivity contribution < 1.29 is 0 Å². The summed E-state index contributed by atoms with van der Waals surface area (Å²) in [5.41, 5.74) is 9.62. The van der Waals surface area contributed by atoms with Gasteiger partial charge in [0.2, 0.25) is 0 Å². The number of nitrogens with zero attached hydrogens (tertiary/aromatic N) is 1. The zero-order valence-electron chi connectivity index (χ0n) is 9.53. The van der Waals surface area contributed by atoms with E-state index in [2.05, 4.69) is 35.1 Å². The summed E-state index contributed by atoms with van der Waals surface area (Å²) in [6, 6.07) is 6.48. The van der Waals surface area contributed by atoms with Gasteiger partial charge in [0.05, 0.1) is 17.1 Å². The van der Waals surface area contributed by atoms with Gasteiger partial charge in [0.25, 0.3) is 0 Å². The van der Waals surface area contributed by atoms with E-state index >= 15 is 0 Å². The Labute approximate surface area is 95.1 Å². The Morgan fingerprint density at radius 2 is 2.31 bits per heavy atom. The average Bonchev–Trinajstić information content (AvgIpc) is 3.06. The number of hydrogen-bond donors (Lipinski definition) is 2. The number of aromatic amines is 1. The third kappa shape index (κ3) is 1.61. The molecule has 1 fully saturated rings. The van der Waals surface area contributed by atoms with Crippen molar-refractivity contribution in [1.29, 1.82) is 0 Å². The molecule has 0 aliphatic heterocycles. The Morgan fingerprint density at radius 3 is 3.00 bits per heavy atom. The molecule has 0 bridgehead atoms. The fourth-order valence-corrected chi connectivity index (χ4v) is 2.13. The molecule has 0 amide bonds. The Morgan fingerprint density at radius 1 is 1.50 bits per heavy atom. The van der Waals surface area contributed by atoms with E-state index in [9.17, 15) is 0 Å². The second-order valence-electron chi connectivity index (χ2n) is 4.69. The van der Waals surface area contributed by atoms with E-state index in [-0.39, 0.29) is 6.04 Å². The van der Waals surface area contributed by atoms with Crippen molar-refractivity contribution in [1.82, 2.24) is 9.97 Å². The standard InChI is InChI=1S/C13H17N3/c1-2-8-3-6-10-11(7-8)16-13(15-10)12(14)9-4-5-9/h3,6-7,9,12H,2,4-5,14H2,1H3,(H,15,16). The van der Waals surface area contributed by atoms with Crippen LogP contribution in [0.15, 0.2) is 18.2 Å². The monoisotopic (exact) mass is 215 g/mol. The van der Waals surface area contributed by atoms with Gasteiger partial charge in [-0.05, 0) is 42.9 Å². The summed E-state index contributed by atoms with van der Waals surface area (Å²) in [7, 11) is 0. The highest BCUT2D eigenvalue weighted by Gasteiger charge is 2.31. The lowest BCUT2D eigenvalue weighted by Crippen LogP contribution is -2.13. The highest BCUT2D eigenvalue weighted by molar-refractivity contribution is 5.76. The largest absolute Gasteiger partial charge is 0.341 e. The molecule has 2 aromatic rings. The van der Waals surface area contributed by atoms with Gasteiger partial charge in [0, 0.05) is 0 Å². The van der Waals surface area contributed by atoms with E-state index in [0.717, 1.165) is 23.3 Å². The van der Waals surface area contributed by atoms with Gasteiger partial charge < -0.3 is 10.7 Å². The van der Waals surface area contributed by atoms with Crippen LogP contribution in [-0.4, -0.2) is 9.97 Å². The van der Waals surface area contributed by atoms with Crippen LogP contribution in [0.1, 0.15) is 37.2 Å². The second-order valence-corrected chi connectivity index (χ2v) is 4.69. The minimum Gasteiger partial charge on any atom is -0.341 e. The van der Waals surface area contributed by atoms with E-state index < -0.39 is 0 Å². The Kier molecular flexibility index (Phi) is 2.21. The molecule has 1 saturated carbocycles. The molecule has 1 aliphatic carbocycles. The molecule has 1 unspecified atom stereocenters. The van der Waals surface area contributed by atoms with Gasteiger partial charge >= 0.3 is 0 Å². The smallest absolute Gasteiger partial charge is 0.124 e. The molecule has 1 aromatic carbocycles. The molecular weight excluding hydrogens is 198 g/mol. The summed E-state index contributed by atoms with van der Waals surface area (Å²) in [5.74, 6) is 1.59. The maximum atomic E-state index is 6.14. The molecule has 0 radical (unpaired) electrons. The predicted octanol–water partition coefficient (Wildman–Crippen LogP) is 2.54. The molecule has 1 atom stereocenters. The van der Waals surface area contributed by atoms with Crippen LogP contribution >= 0.6 is 0 Å². The SMILES string of the molecule is CCc1ccc2nc(C(N)C3CC3)[nH]c2c1. The number of rotatable bonds is 3. The van der Waals surface area contributed by atoms with Gasteiger partial charge in [-0.3, -0.25) is 0 Å². The minimum atomic E-state index is 0.0949. The summed E-state index contributed by atoms with van der Waals surface area (Å²) < 4.78 is 0. The van der Waals surface area contributed by atoms with Gasteiger partial charge in [-0.2, -0.15) is 0 Å². The highest BCUT2D eigenvalue weighted by atomic mass is 15.0. The molecule has 1 aromatic heterocycles. The number of fused-ring (bicyclic) bond motifs is 1. The van der Waals surface area contributed by atoms with Crippen LogP contribution < -0.4 is 5.73 Å². The third-order valence-electron chi connectivity index (χ3n) is 3.42. The highest BCUT2D eigenvalue weighted by Crippen LogP contribution is 2.38. The van der Waals surface area contributed by atoms with Crippen molar-refractivity contribution in [3.05, 3.63) is 29.6 Å². The first kappa shape index (κ1) is 9.85. The fraction of sp³-hybridized carbons (Fsp3) is 0.462. The number of nitrogens with one attached hydrogen (secondary N) is 1. The summed E-state index contributed by atoms with van der Waals surface area (Å²) in [4.78, 5) is 7.92.